The maximum atomic E-state index is 11.7. The van der Waals surface area contributed by atoms with Gasteiger partial charge < -0.3 is 10.1 Å². The lowest BCUT2D eigenvalue weighted by molar-refractivity contribution is 0.171. The highest BCUT2D eigenvalue weighted by molar-refractivity contribution is 7.89. The predicted molar refractivity (Wildman–Crippen MR) is 70.7 cm³/mol. The summed E-state index contributed by atoms with van der Waals surface area (Å²) < 4.78 is 31.2. The van der Waals surface area contributed by atoms with Gasteiger partial charge in [-0.15, -0.1) is 0 Å². The van der Waals surface area contributed by atoms with E-state index in [0.29, 0.717) is 13.2 Å². The first-order valence-corrected chi connectivity index (χ1v) is 7.90. The van der Waals surface area contributed by atoms with Crippen LogP contribution in [0.1, 0.15) is 33.1 Å². The molecule has 1 unspecified atom stereocenters. The molecule has 0 radical (unpaired) electrons. The minimum atomic E-state index is -3.20. The van der Waals surface area contributed by atoms with E-state index in [1.54, 1.807) is 7.11 Å². The molecule has 0 bridgehead atoms. The van der Waals surface area contributed by atoms with Crippen LogP contribution in [0.2, 0.25) is 0 Å². The molecule has 0 heterocycles. The molecule has 0 saturated heterocycles. The Morgan fingerprint density at radius 3 is 2.41 bits per heavy atom. The summed E-state index contributed by atoms with van der Waals surface area (Å²) in [6.07, 6.45) is 2.75. The van der Waals surface area contributed by atoms with Crippen LogP contribution < -0.4 is 10.0 Å². The van der Waals surface area contributed by atoms with Gasteiger partial charge in [-0.05, 0) is 19.4 Å². The fraction of sp³-hybridized carbons (Fsp3) is 1.00. The van der Waals surface area contributed by atoms with Gasteiger partial charge in [0.25, 0.3) is 0 Å². The second-order valence-electron chi connectivity index (χ2n) is 4.13. The highest BCUT2D eigenvalue weighted by atomic mass is 32.2. The number of rotatable bonds is 11. The number of hydrogen-bond acceptors (Lipinski definition) is 4. The SMILES string of the molecule is CCCNCCS(=O)(=O)NC(CCC)COC. The van der Waals surface area contributed by atoms with Gasteiger partial charge in [-0.3, -0.25) is 0 Å². The average Bonchev–Trinajstić information content (AvgIpc) is 2.25. The first kappa shape index (κ1) is 16.8. The van der Waals surface area contributed by atoms with Crippen LogP contribution in [-0.2, 0) is 14.8 Å². The van der Waals surface area contributed by atoms with Crippen molar-refractivity contribution in [1.29, 1.82) is 0 Å². The first-order chi connectivity index (χ1) is 8.05. The van der Waals surface area contributed by atoms with Crippen molar-refractivity contribution in [2.75, 3.05) is 32.6 Å². The summed E-state index contributed by atoms with van der Waals surface area (Å²) in [5.41, 5.74) is 0. The van der Waals surface area contributed by atoms with Gasteiger partial charge in [0.05, 0.1) is 12.4 Å². The zero-order valence-corrected chi connectivity index (χ0v) is 12.0. The number of hydrogen-bond donors (Lipinski definition) is 2. The molecule has 0 aliphatic heterocycles. The Morgan fingerprint density at radius 1 is 1.18 bits per heavy atom. The molecule has 2 N–H and O–H groups in total. The second kappa shape index (κ2) is 9.82. The molecular formula is C11H26N2O3S. The maximum Gasteiger partial charge on any atom is 0.213 e. The third kappa shape index (κ3) is 9.52. The molecule has 5 nitrogen and oxygen atoms in total. The van der Waals surface area contributed by atoms with E-state index in [2.05, 4.69) is 17.0 Å². The number of methoxy groups -OCH3 is 1. The van der Waals surface area contributed by atoms with Crippen molar-refractivity contribution >= 4 is 10.0 Å². The molecule has 0 aliphatic rings. The fourth-order valence-corrected chi connectivity index (χ4v) is 2.77. The highest BCUT2D eigenvalue weighted by Crippen LogP contribution is 1.99. The lowest BCUT2D eigenvalue weighted by Gasteiger charge is -2.17. The Hall–Kier alpha value is -0.170. The summed E-state index contributed by atoms with van der Waals surface area (Å²) in [7, 11) is -1.62. The predicted octanol–water partition coefficient (Wildman–Crippen LogP) is 0.721. The third-order valence-corrected chi connectivity index (χ3v) is 3.76. The van der Waals surface area contributed by atoms with Gasteiger partial charge >= 0.3 is 0 Å². The molecule has 0 aliphatic carbocycles. The summed E-state index contributed by atoms with van der Waals surface area (Å²) >= 11 is 0. The van der Waals surface area contributed by atoms with Crippen molar-refractivity contribution in [1.82, 2.24) is 10.0 Å². The molecule has 104 valence electrons. The molecule has 6 heteroatoms. The normalized spacial score (nSPS) is 13.8. The smallest absolute Gasteiger partial charge is 0.213 e. The monoisotopic (exact) mass is 266 g/mol. The van der Waals surface area contributed by atoms with Crippen LogP contribution in [0.3, 0.4) is 0 Å². The van der Waals surface area contributed by atoms with Gasteiger partial charge in [-0.1, -0.05) is 20.3 Å². The van der Waals surface area contributed by atoms with Crippen LogP contribution in [0.5, 0.6) is 0 Å². The number of nitrogens with one attached hydrogen (secondary N) is 2. The van der Waals surface area contributed by atoms with Crippen molar-refractivity contribution < 1.29 is 13.2 Å². The van der Waals surface area contributed by atoms with Gasteiger partial charge in [-0.2, -0.15) is 0 Å². The van der Waals surface area contributed by atoms with Gasteiger partial charge in [0, 0.05) is 19.7 Å². The van der Waals surface area contributed by atoms with Gasteiger partial charge in [0.1, 0.15) is 0 Å². The van der Waals surface area contributed by atoms with Crippen LogP contribution in [0.25, 0.3) is 0 Å². The number of sulfonamides is 1. The van der Waals surface area contributed by atoms with Crippen molar-refractivity contribution in [2.45, 2.75) is 39.2 Å². The molecule has 0 saturated carbocycles. The number of ether oxygens (including phenoxy) is 1. The second-order valence-corrected chi connectivity index (χ2v) is 6.00. The Labute approximate surface area is 105 Å². The van der Waals surface area contributed by atoms with E-state index < -0.39 is 10.0 Å². The Kier molecular flexibility index (Phi) is 9.72. The highest BCUT2D eigenvalue weighted by Gasteiger charge is 2.16. The molecule has 1 atom stereocenters. The molecule has 0 aromatic heterocycles. The molecule has 0 aromatic carbocycles. The standard InChI is InChI=1S/C11H26N2O3S/c1-4-6-11(10-16-3)13-17(14,15)9-8-12-7-5-2/h11-13H,4-10H2,1-3H3. The van der Waals surface area contributed by atoms with E-state index in [0.717, 1.165) is 25.8 Å². The van der Waals surface area contributed by atoms with Gasteiger partial charge in [0.2, 0.25) is 10.0 Å². The zero-order valence-electron chi connectivity index (χ0n) is 11.2. The van der Waals surface area contributed by atoms with E-state index in [1.807, 2.05) is 6.92 Å². The Balaban J connectivity index is 4.02. The van der Waals surface area contributed by atoms with Crippen LogP contribution >= 0.6 is 0 Å². The van der Waals surface area contributed by atoms with E-state index in [4.69, 9.17) is 4.74 Å². The van der Waals surface area contributed by atoms with Gasteiger partial charge in [-0.25, -0.2) is 13.1 Å². The van der Waals surface area contributed by atoms with Gasteiger partial charge in [0.15, 0.2) is 0 Å². The minimum Gasteiger partial charge on any atom is -0.383 e. The first-order valence-electron chi connectivity index (χ1n) is 6.25. The molecule has 0 aromatic rings. The van der Waals surface area contributed by atoms with E-state index in [1.165, 1.54) is 0 Å². The van der Waals surface area contributed by atoms with Crippen molar-refractivity contribution in [3.8, 4) is 0 Å². The van der Waals surface area contributed by atoms with E-state index >= 15 is 0 Å². The molecular weight excluding hydrogens is 240 g/mol. The molecule has 0 rings (SSSR count). The zero-order chi connectivity index (χ0) is 13.1. The van der Waals surface area contributed by atoms with Crippen LogP contribution in [0.15, 0.2) is 0 Å². The fourth-order valence-electron chi connectivity index (χ4n) is 1.55. The molecule has 0 fully saturated rings. The average molecular weight is 266 g/mol. The lowest BCUT2D eigenvalue weighted by Crippen LogP contribution is -2.41. The van der Waals surface area contributed by atoms with Crippen molar-refractivity contribution in [3.05, 3.63) is 0 Å². The summed E-state index contributed by atoms with van der Waals surface area (Å²) in [6.45, 7) is 5.85. The summed E-state index contributed by atoms with van der Waals surface area (Å²) in [6, 6.07) is -0.110. The van der Waals surface area contributed by atoms with Crippen molar-refractivity contribution in [3.63, 3.8) is 0 Å². The quantitative estimate of drug-likeness (QED) is 0.541. The third-order valence-electron chi connectivity index (χ3n) is 2.33. The topological polar surface area (TPSA) is 67.4 Å². The van der Waals surface area contributed by atoms with Crippen LogP contribution in [0, 0.1) is 0 Å². The van der Waals surface area contributed by atoms with Crippen LogP contribution in [0.4, 0.5) is 0 Å². The molecule has 0 spiro atoms. The van der Waals surface area contributed by atoms with Crippen molar-refractivity contribution in [2.24, 2.45) is 0 Å². The van der Waals surface area contributed by atoms with E-state index in [9.17, 15) is 8.42 Å². The van der Waals surface area contributed by atoms with E-state index in [-0.39, 0.29) is 11.8 Å². The largest absolute Gasteiger partial charge is 0.383 e. The summed E-state index contributed by atoms with van der Waals surface area (Å²) in [5, 5.41) is 3.08. The Morgan fingerprint density at radius 2 is 1.88 bits per heavy atom. The summed E-state index contributed by atoms with van der Waals surface area (Å²) in [5.74, 6) is 0.122. The van der Waals surface area contributed by atoms with Crippen LogP contribution in [-0.4, -0.2) is 47.0 Å². The minimum absolute atomic E-state index is 0.110. The molecule has 17 heavy (non-hydrogen) atoms. The molecule has 0 amide bonds. The lowest BCUT2D eigenvalue weighted by atomic mass is 10.2. The Bertz CT molecular complexity index is 262. The summed E-state index contributed by atoms with van der Waals surface area (Å²) in [4.78, 5) is 0. The maximum absolute atomic E-state index is 11.7.